The summed E-state index contributed by atoms with van der Waals surface area (Å²) < 4.78 is 14.8. The molecule has 1 N–H and O–H groups in total. The van der Waals surface area contributed by atoms with Crippen molar-refractivity contribution in [1.29, 1.82) is 0 Å². The highest BCUT2D eigenvalue weighted by Gasteiger charge is 2.32. The monoisotopic (exact) mass is 411 g/mol. The van der Waals surface area contributed by atoms with Crippen molar-refractivity contribution in [3.63, 3.8) is 0 Å². The van der Waals surface area contributed by atoms with Crippen LogP contribution in [-0.4, -0.2) is 45.8 Å². The van der Waals surface area contributed by atoms with Crippen LogP contribution in [0.2, 0.25) is 0 Å². The number of aromatic nitrogens is 4. The van der Waals surface area contributed by atoms with Crippen LogP contribution in [0.3, 0.4) is 0 Å². The molecule has 3 aromatic rings. The Morgan fingerprint density at radius 2 is 1.87 bits per heavy atom. The number of amides is 1. The zero-order valence-electron chi connectivity index (χ0n) is 16.5. The minimum Gasteiger partial charge on any atom is -0.350 e. The highest BCUT2D eigenvalue weighted by molar-refractivity contribution is 6.03. The van der Waals surface area contributed by atoms with Crippen molar-refractivity contribution in [2.75, 3.05) is 29.2 Å². The van der Waals surface area contributed by atoms with E-state index < -0.39 is 0 Å². The molecule has 8 nitrogen and oxygen atoms in total. The summed E-state index contributed by atoms with van der Waals surface area (Å²) in [6.07, 6.45) is 5.36. The largest absolute Gasteiger partial charge is 0.350 e. The van der Waals surface area contributed by atoms with Gasteiger partial charge >= 0.3 is 0 Å². The van der Waals surface area contributed by atoms with Crippen LogP contribution in [0.1, 0.15) is 25.5 Å². The number of hydrogen-bond donors (Lipinski definition) is 1. The summed E-state index contributed by atoms with van der Waals surface area (Å²) in [6, 6.07) is 6.10. The molecule has 1 aromatic carbocycles. The number of anilines is 3. The smallest absolute Gasteiger partial charge is 0.249 e. The number of fused-ring (bicyclic) bond motifs is 1. The standard InChI is InChI=1S/C20H22FN7O.CH4/c1-13-19(29)27(3)17-10-23-20(25-18(17)26(13)2)22-8-15-9-24-28(12-15)11-14-4-6-16(21)7-5-14;/h4-7,9-10,12-13H,8,11H2,1-3H3,(H,22,23,25);1H4/t13-;/m0./s1. The normalized spacial score (nSPS) is 15.6. The van der Waals surface area contributed by atoms with Gasteiger partial charge in [-0.1, -0.05) is 19.6 Å². The number of halogens is 1. The van der Waals surface area contributed by atoms with Crippen LogP contribution < -0.4 is 15.1 Å². The van der Waals surface area contributed by atoms with Crippen LogP contribution in [-0.2, 0) is 17.9 Å². The molecule has 0 bridgehead atoms. The molecule has 0 saturated carbocycles. The van der Waals surface area contributed by atoms with Crippen LogP contribution in [0.25, 0.3) is 0 Å². The first-order chi connectivity index (χ1) is 13.9. The topological polar surface area (TPSA) is 79.2 Å². The molecule has 0 fully saturated rings. The van der Waals surface area contributed by atoms with Gasteiger partial charge in [-0.25, -0.2) is 9.37 Å². The van der Waals surface area contributed by atoms with Crippen molar-refractivity contribution >= 4 is 23.4 Å². The predicted octanol–water partition coefficient (Wildman–Crippen LogP) is 2.91. The summed E-state index contributed by atoms with van der Waals surface area (Å²) in [7, 11) is 3.58. The van der Waals surface area contributed by atoms with E-state index in [0.717, 1.165) is 11.1 Å². The second-order valence-corrected chi connectivity index (χ2v) is 7.11. The Morgan fingerprint density at radius 3 is 2.60 bits per heavy atom. The number of nitrogens with zero attached hydrogens (tertiary/aromatic N) is 6. The number of rotatable bonds is 5. The van der Waals surface area contributed by atoms with Gasteiger partial charge in [0.25, 0.3) is 0 Å². The van der Waals surface area contributed by atoms with Gasteiger partial charge < -0.3 is 15.1 Å². The van der Waals surface area contributed by atoms with E-state index in [1.807, 2.05) is 25.1 Å². The lowest BCUT2D eigenvalue weighted by molar-refractivity contribution is -0.119. The Hall–Kier alpha value is -3.49. The van der Waals surface area contributed by atoms with E-state index in [4.69, 9.17) is 0 Å². The molecule has 9 heteroatoms. The van der Waals surface area contributed by atoms with Gasteiger partial charge in [0.15, 0.2) is 5.82 Å². The van der Waals surface area contributed by atoms with Crippen molar-refractivity contribution in [3.05, 3.63) is 59.8 Å². The molecule has 3 heterocycles. The van der Waals surface area contributed by atoms with Crippen LogP contribution >= 0.6 is 0 Å². The average Bonchev–Trinajstić information content (AvgIpc) is 3.18. The fourth-order valence-electron chi connectivity index (χ4n) is 3.24. The number of hydrogen-bond acceptors (Lipinski definition) is 6. The van der Waals surface area contributed by atoms with Gasteiger partial charge in [-0.05, 0) is 24.6 Å². The third-order valence-corrected chi connectivity index (χ3v) is 5.11. The molecule has 0 aliphatic carbocycles. The Labute approximate surface area is 175 Å². The van der Waals surface area contributed by atoms with E-state index in [1.54, 1.807) is 41.2 Å². The number of benzene rings is 1. The lowest BCUT2D eigenvalue weighted by Gasteiger charge is -2.36. The van der Waals surface area contributed by atoms with Crippen molar-refractivity contribution in [1.82, 2.24) is 19.7 Å². The molecule has 0 spiro atoms. The first kappa shape index (κ1) is 21.2. The maximum atomic E-state index is 13.0. The fraction of sp³-hybridized carbons (Fsp3) is 0.333. The zero-order chi connectivity index (χ0) is 20.5. The molecule has 2 aromatic heterocycles. The Morgan fingerprint density at radius 1 is 1.13 bits per heavy atom. The number of carbonyl (C=O) groups excluding carboxylic acids is 1. The quantitative estimate of drug-likeness (QED) is 0.696. The molecule has 4 rings (SSSR count). The second-order valence-electron chi connectivity index (χ2n) is 7.11. The number of carbonyl (C=O) groups is 1. The van der Waals surface area contributed by atoms with Gasteiger partial charge in [0, 0.05) is 32.4 Å². The minimum atomic E-state index is -0.278. The Balaban J connectivity index is 0.00000256. The van der Waals surface area contributed by atoms with Crippen LogP contribution in [0, 0.1) is 5.82 Å². The summed E-state index contributed by atoms with van der Waals surface area (Å²) in [5.41, 5.74) is 2.64. The molecule has 1 aliphatic rings. The maximum absolute atomic E-state index is 13.0. The van der Waals surface area contributed by atoms with E-state index >= 15 is 0 Å². The lowest BCUT2D eigenvalue weighted by atomic mass is 10.2. The highest BCUT2D eigenvalue weighted by Crippen LogP contribution is 2.32. The van der Waals surface area contributed by atoms with Crippen LogP contribution in [0.5, 0.6) is 0 Å². The lowest BCUT2D eigenvalue weighted by Crippen LogP contribution is -2.49. The number of nitrogens with one attached hydrogen (secondary N) is 1. The van der Waals surface area contributed by atoms with Gasteiger partial charge in [-0.15, -0.1) is 0 Å². The van der Waals surface area contributed by atoms with Gasteiger partial charge in [-0.2, -0.15) is 10.1 Å². The predicted molar refractivity (Wildman–Crippen MR) is 115 cm³/mol. The third-order valence-electron chi connectivity index (χ3n) is 5.11. The molecule has 0 radical (unpaired) electrons. The highest BCUT2D eigenvalue weighted by atomic mass is 19.1. The summed E-state index contributed by atoms with van der Waals surface area (Å²) in [5, 5.41) is 7.55. The minimum absolute atomic E-state index is 0. The molecule has 0 saturated heterocycles. The molecule has 158 valence electrons. The second kappa shape index (κ2) is 8.48. The summed E-state index contributed by atoms with van der Waals surface area (Å²) in [4.78, 5) is 24.6. The Kier molecular flexibility index (Phi) is 6.00. The van der Waals surface area contributed by atoms with Crippen molar-refractivity contribution in [2.24, 2.45) is 0 Å². The summed E-state index contributed by atoms with van der Waals surface area (Å²) in [6.45, 7) is 2.93. The molecule has 1 atom stereocenters. The average molecular weight is 411 g/mol. The summed E-state index contributed by atoms with van der Waals surface area (Å²) in [5.74, 6) is 0.957. The first-order valence-electron chi connectivity index (χ1n) is 9.29. The molecule has 1 amide bonds. The van der Waals surface area contributed by atoms with Crippen molar-refractivity contribution in [3.8, 4) is 0 Å². The molecule has 30 heavy (non-hydrogen) atoms. The van der Waals surface area contributed by atoms with Gasteiger partial charge in [0.05, 0.1) is 18.9 Å². The van der Waals surface area contributed by atoms with Crippen molar-refractivity contribution < 1.29 is 9.18 Å². The molecular weight excluding hydrogens is 385 g/mol. The summed E-state index contributed by atoms with van der Waals surface area (Å²) >= 11 is 0. The maximum Gasteiger partial charge on any atom is 0.249 e. The van der Waals surface area contributed by atoms with E-state index in [0.29, 0.717) is 30.5 Å². The molecule has 1 aliphatic heterocycles. The van der Waals surface area contributed by atoms with Crippen LogP contribution in [0.4, 0.5) is 21.8 Å². The van der Waals surface area contributed by atoms with Crippen LogP contribution in [0.15, 0.2) is 42.9 Å². The zero-order valence-corrected chi connectivity index (χ0v) is 16.5. The molecule has 0 unspecified atom stereocenters. The van der Waals surface area contributed by atoms with Gasteiger partial charge in [0.1, 0.15) is 17.5 Å². The molecular formula is C21H26FN7O. The van der Waals surface area contributed by atoms with Crippen molar-refractivity contribution in [2.45, 2.75) is 33.5 Å². The first-order valence-corrected chi connectivity index (χ1v) is 9.29. The number of likely N-dealkylation sites (N-methyl/N-ethyl adjacent to an activating group) is 2. The van der Waals surface area contributed by atoms with Gasteiger partial charge in [0.2, 0.25) is 11.9 Å². The Bertz CT molecular complexity index is 1030. The van der Waals surface area contributed by atoms with E-state index in [9.17, 15) is 9.18 Å². The van der Waals surface area contributed by atoms with E-state index in [1.165, 1.54) is 12.1 Å². The SMILES string of the molecule is C.C[C@H]1C(=O)N(C)c2cnc(NCc3cnn(Cc4ccc(F)cc4)c3)nc2N1C. The van der Waals surface area contributed by atoms with E-state index in [2.05, 4.69) is 20.4 Å². The van der Waals surface area contributed by atoms with Gasteiger partial charge in [-0.3, -0.25) is 9.48 Å². The fourth-order valence-corrected chi connectivity index (χ4v) is 3.24. The van der Waals surface area contributed by atoms with E-state index in [-0.39, 0.29) is 25.2 Å². The third kappa shape index (κ3) is 4.10.